The zero-order chi connectivity index (χ0) is 20.0. The third-order valence-electron chi connectivity index (χ3n) is 3.73. The molecule has 0 bridgehead atoms. The van der Waals surface area contributed by atoms with Gasteiger partial charge in [0.25, 0.3) is 0 Å². The van der Waals surface area contributed by atoms with Crippen LogP contribution in [0.25, 0.3) is 0 Å². The van der Waals surface area contributed by atoms with Gasteiger partial charge in [-0.3, -0.25) is 0 Å². The van der Waals surface area contributed by atoms with Crippen LogP contribution in [0.1, 0.15) is 32.4 Å². The second-order valence-corrected chi connectivity index (χ2v) is 6.36. The first kappa shape index (κ1) is 20.9. The predicted molar refractivity (Wildman–Crippen MR) is 108 cm³/mol. The van der Waals surface area contributed by atoms with E-state index >= 15 is 0 Å². The Morgan fingerprint density at radius 1 is 1.33 bits per heavy atom. The van der Waals surface area contributed by atoms with Crippen molar-refractivity contribution < 1.29 is 19.0 Å². The summed E-state index contributed by atoms with van der Waals surface area (Å²) in [6, 6.07) is 2.89. The number of allylic oxidation sites excluding steroid dienone is 1. The van der Waals surface area contributed by atoms with Crippen LogP contribution in [-0.4, -0.2) is 30.9 Å². The maximum absolute atomic E-state index is 12.5. The first-order chi connectivity index (χ1) is 12.9. The molecule has 1 aliphatic rings. The molecular formula is C19H21ClN2O4S. The molecule has 144 valence electrons. The first-order valence-electron chi connectivity index (χ1n) is 8.40. The molecule has 1 aromatic carbocycles. The Bertz CT molecular complexity index is 817. The van der Waals surface area contributed by atoms with Gasteiger partial charge in [-0.2, -0.15) is 0 Å². The number of halogens is 1. The van der Waals surface area contributed by atoms with Gasteiger partial charge in [0.2, 0.25) is 0 Å². The Labute approximate surface area is 169 Å². The number of nitrogens with one attached hydrogen (secondary N) is 2. The highest BCUT2D eigenvalue weighted by molar-refractivity contribution is 7.80. The molecule has 1 aromatic rings. The minimum atomic E-state index is -0.545. The largest absolute Gasteiger partial charge is 0.490 e. The highest BCUT2D eigenvalue weighted by atomic mass is 35.5. The Hall–Kier alpha value is -2.43. The summed E-state index contributed by atoms with van der Waals surface area (Å²) < 4.78 is 16.4. The molecule has 0 amide bonds. The number of ether oxygens (including phenoxy) is 3. The normalized spacial score (nSPS) is 16.1. The molecule has 0 radical (unpaired) electrons. The summed E-state index contributed by atoms with van der Waals surface area (Å²) in [5, 5.41) is 6.75. The van der Waals surface area contributed by atoms with Crippen molar-refractivity contribution in [2.75, 3.05) is 19.8 Å². The molecule has 1 heterocycles. The molecule has 1 atom stereocenters. The number of terminal acetylenes is 1. The van der Waals surface area contributed by atoms with Gasteiger partial charge in [-0.15, -0.1) is 6.42 Å². The fourth-order valence-corrected chi connectivity index (χ4v) is 3.24. The van der Waals surface area contributed by atoms with Crippen molar-refractivity contribution >= 4 is 34.9 Å². The Balaban J connectivity index is 2.53. The summed E-state index contributed by atoms with van der Waals surface area (Å²) in [5.41, 5.74) is 1.72. The lowest BCUT2D eigenvalue weighted by Crippen LogP contribution is -2.45. The fourth-order valence-electron chi connectivity index (χ4n) is 2.69. The van der Waals surface area contributed by atoms with E-state index in [4.69, 9.17) is 44.5 Å². The van der Waals surface area contributed by atoms with Gasteiger partial charge in [0.1, 0.15) is 6.61 Å². The third-order valence-corrected chi connectivity index (χ3v) is 4.23. The van der Waals surface area contributed by atoms with Crippen molar-refractivity contribution in [1.82, 2.24) is 10.6 Å². The monoisotopic (exact) mass is 408 g/mol. The molecule has 0 aromatic heterocycles. The van der Waals surface area contributed by atoms with Crippen LogP contribution in [0.2, 0.25) is 5.02 Å². The van der Waals surface area contributed by atoms with E-state index in [0.29, 0.717) is 45.1 Å². The van der Waals surface area contributed by atoms with Crippen molar-refractivity contribution in [3.63, 3.8) is 0 Å². The molecule has 1 aliphatic heterocycles. The molecule has 0 unspecified atom stereocenters. The zero-order valence-corrected chi connectivity index (χ0v) is 16.9. The molecule has 0 aliphatic carbocycles. The second-order valence-electron chi connectivity index (χ2n) is 5.55. The van der Waals surface area contributed by atoms with Crippen LogP contribution >= 0.6 is 23.8 Å². The van der Waals surface area contributed by atoms with E-state index in [2.05, 4.69) is 16.6 Å². The van der Waals surface area contributed by atoms with E-state index < -0.39 is 12.0 Å². The molecule has 0 spiro atoms. The van der Waals surface area contributed by atoms with E-state index in [0.717, 1.165) is 0 Å². The van der Waals surface area contributed by atoms with Gasteiger partial charge in [0, 0.05) is 5.70 Å². The predicted octanol–water partition coefficient (Wildman–Crippen LogP) is 3.11. The van der Waals surface area contributed by atoms with Crippen molar-refractivity contribution in [3.05, 3.63) is 34.0 Å². The van der Waals surface area contributed by atoms with E-state index in [-0.39, 0.29) is 13.2 Å². The van der Waals surface area contributed by atoms with Gasteiger partial charge in [-0.05, 0) is 50.7 Å². The van der Waals surface area contributed by atoms with Gasteiger partial charge in [0.05, 0.1) is 29.9 Å². The lowest BCUT2D eigenvalue weighted by Gasteiger charge is -2.30. The van der Waals surface area contributed by atoms with Crippen molar-refractivity contribution in [3.8, 4) is 23.8 Å². The van der Waals surface area contributed by atoms with Crippen molar-refractivity contribution in [1.29, 1.82) is 0 Å². The van der Waals surface area contributed by atoms with E-state index in [1.54, 1.807) is 26.0 Å². The van der Waals surface area contributed by atoms with Crippen molar-refractivity contribution in [2.24, 2.45) is 0 Å². The Kier molecular flexibility index (Phi) is 7.34. The number of carbonyl (C=O) groups is 1. The summed E-state index contributed by atoms with van der Waals surface area (Å²) >= 11 is 11.6. The van der Waals surface area contributed by atoms with Gasteiger partial charge in [0.15, 0.2) is 16.6 Å². The summed E-state index contributed by atoms with van der Waals surface area (Å²) in [4.78, 5) is 12.5. The van der Waals surface area contributed by atoms with Crippen LogP contribution in [0.15, 0.2) is 23.4 Å². The van der Waals surface area contributed by atoms with Crippen LogP contribution in [0, 0.1) is 12.3 Å². The van der Waals surface area contributed by atoms with Crippen LogP contribution in [0.5, 0.6) is 11.5 Å². The average molecular weight is 409 g/mol. The smallest absolute Gasteiger partial charge is 0.338 e. The summed E-state index contributed by atoms with van der Waals surface area (Å²) in [5.74, 6) is 2.74. The number of carbonyl (C=O) groups excluding carboxylic acids is 1. The molecule has 0 saturated carbocycles. The number of esters is 1. The molecular weight excluding hydrogens is 388 g/mol. The van der Waals surface area contributed by atoms with Crippen molar-refractivity contribution in [2.45, 2.75) is 26.8 Å². The van der Waals surface area contributed by atoms with Crippen LogP contribution in [-0.2, 0) is 9.53 Å². The topological polar surface area (TPSA) is 68.8 Å². The highest BCUT2D eigenvalue weighted by Gasteiger charge is 2.32. The SMILES string of the molecule is C#CCOc1c(Cl)cc([C@@H]2NC(=S)NC(C)=C2C(=O)OCC)cc1OCC. The molecule has 2 N–H and O–H groups in total. The molecule has 0 fully saturated rings. The van der Waals surface area contributed by atoms with E-state index in [1.165, 1.54) is 0 Å². The van der Waals surface area contributed by atoms with Crippen LogP contribution < -0.4 is 20.1 Å². The van der Waals surface area contributed by atoms with Crippen LogP contribution in [0.3, 0.4) is 0 Å². The molecule has 6 nitrogen and oxygen atoms in total. The fraction of sp³-hybridized carbons (Fsp3) is 0.368. The third kappa shape index (κ3) is 4.85. The Morgan fingerprint density at radius 2 is 2.07 bits per heavy atom. The first-order valence-corrected chi connectivity index (χ1v) is 9.19. The van der Waals surface area contributed by atoms with Gasteiger partial charge in [-0.1, -0.05) is 17.5 Å². The average Bonchev–Trinajstić information content (AvgIpc) is 2.60. The summed E-state index contributed by atoms with van der Waals surface area (Å²) in [7, 11) is 0. The zero-order valence-electron chi connectivity index (χ0n) is 15.3. The number of rotatable bonds is 7. The summed E-state index contributed by atoms with van der Waals surface area (Å²) in [6.07, 6.45) is 5.26. The van der Waals surface area contributed by atoms with Gasteiger partial charge < -0.3 is 24.8 Å². The Morgan fingerprint density at radius 3 is 2.70 bits per heavy atom. The number of benzene rings is 1. The quantitative estimate of drug-likeness (QED) is 0.408. The summed E-state index contributed by atoms with van der Waals surface area (Å²) in [6.45, 7) is 6.08. The molecule has 8 heteroatoms. The molecule has 27 heavy (non-hydrogen) atoms. The second kappa shape index (κ2) is 9.49. The molecule has 0 saturated heterocycles. The van der Waals surface area contributed by atoms with Crippen LogP contribution in [0.4, 0.5) is 0 Å². The van der Waals surface area contributed by atoms with E-state index in [1.807, 2.05) is 6.92 Å². The minimum Gasteiger partial charge on any atom is -0.490 e. The lowest BCUT2D eigenvalue weighted by molar-refractivity contribution is -0.139. The number of hydrogen-bond donors (Lipinski definition) is 2. The maximum Gasteiger partial charge on any atom is 0.338 e. The highest BCUT2D eigenvalue weighted by Crippen LogP contribution is 2.40. The number of thiocarbonyl (C=S) groups is 1. The standard InChI is InChI=1S/C19H21ClN2O4S/c1-5-8-26-17-13(20)9-12(10-14(17)24-6-2)16-15(18(23)25-7-3)11(4)21-19(27)22-16/h1,9-10,16H,6-8H2,2-4H3,(H2,21,22,27)/t16-/m0/s1. The van der Waals surface area contributed by atoms with Gasteiger partial charge in [-0.25, -0.2) is 4.79 Å². The minimum absolute atomic E-state index is 0.0575. The van der Waals surface area contributed by atoms with Gasteiger partial charge >= 0.3 is 5.97 Å². The van der Waals surface area contributed by atoms with E-state index in [9.17, 15) is 4.79 Å². The maximum atomic E-state index is 12.5. The molecule has 2 rings (SSSR count). The lowest BCUT2D eigenvalue weighted by atomic mass is 9.95. The number of hydrogen-bond acceptors (Lipinski definition) is 5.